The Morgan fingerprint density at radius 3 is 2.25 bits per heavy atom. The number of anilines is 1. The number of thioether (sulfide) groups is 1. The van der Waals surface area contributed by atoms with Crippen molar-refractivity contribution in [1.29, 1.82) is 0 Å². The number of halogens is 3. The Morgan fingerprint density at radius 1 is 0.896 bits per heavy atom. The number of rotatable bonds is 18. The number of fused-ring (bicyclic) bond motifs is 1. The molecule has 4 aromatic rings. The number of guanidine groups is 1. The molecule has 3 aromatic carbocycles. The summed E-state index contributed by atoms with van der Waals surface area (Å²) in [6.45, 7) is 1.93. The van der Waals surface area contributed by atoms with Gasteiger partial charge in [0.25, 0.3) is 0 Å². The van der Waals surface area contributed by atoms with E-state index < -0.39 is 11.7 Å². The standard InChI is InChI=1S/C34H40F3N7O2S2/c35-34(36,37)25-17-23(19-27(45)3-1-12-43-33(40)41)31(47-14-11-39)24(18-25)20-28(46)15-21-4-9-29-30(16-21)48-32(44-29)22-5-7-26(8-6-22)42-13-2-10-38/h4-9,16-18,42H,1-3,10-15,19-20,38-39H2,(H4,40,41,43). The average Bonchev–Trinajstić information content (AvgIpc) is 3.46. The minimum absolute atomic E-state index is 0.0304. The lowest BCUT2D eigenvalue weighted by Crippen LogP contribution is -2.23. The van der Waals surface area contributed by atoms with Crippen LogP contribution in [0.5, 0.6) is 0 Å². The molecule has 0 aliphatic carbocycles. The molecular formula is C34H40F3N7O2S2. The van der Waals surface area contributed by atoms with Crippen LogP contribution in [0.15, 0.2) is 64.5 Å². The number of thiazole rings is 1. The molecule has 9 N–H and O–H groups in total. The van der Waals surface area contributed by atoms with E-state index in [1.807, 2.05) is 42.5 Å². The summed E-state index contributed by atoms with van der Waals surface area (Å²) in [5.41, 5.74) is 25.0. The maximum absolute atomic E-state index is 14.0. The first kappa shape index (κ1) is 36.8. The van der Waals surface area contributed by atoms with Gasteiger partial charge in [0.05, 0.1) is 15.8 Å². The van der Waals surface area contributed by atoms with Gasteiger partial charge in [-0.1, -0.05) is 6.07 Å². The van der Waals surface area contributed by atoms with Gasteiger partial charge < -0.3 is 28.3 Å². The van der Waals surface area contributed by atoms with Crippen LogP contribution in [0.3, 0.4) is 0 Å². The Bertz CT molecular complexity index is 1740. The summed E-state index contributed by atoms with van der Waals surface area (Å²) < 4.78 is 42.9. The molecule has 0 spiro atoms. The van der Waals surface area contributed by atoms with Crippen LogP contribution in [0, 0.1) is 0 Å². The van der Waals surface area contributed by atoms with Gasteiger partial charge in [0.1, 0.15) is 16.6 Å². The van der Waals surface area contributed by atoms with Crippen LogP contribution >= 0.6 is 23.1 Å². The zero-order valence-corrected chi connectivity index (χ0v) is 28.1. The highest BCUT2D eigenvalue weighted by Crippen LogP contribution is 2.37. The van der Waals surface area contributed by atoms with E-state index in [-0.39, 0.29) is 67.4 Å². The minimum atomic E-state index is -4.66. The number of benzene rings is 3. The first-order valence-corrected chi connectivity index (χ1v) is 17.4. The van der Waals surface area contributed by atoms with Gasteiger partial charge in [0.2, 0.25) is 0 Å². The number of carbonyl (C=O) groups excluding carboxylic acids is 2. The van der Waals surface area contributed by atoms with E-state index in [1.165, 1.54) is 23.1 Å². The summed E-state index contributed by atoms with van der Waals surface area (Å²) in [6, 6.07) is 15.6. The molecule has 1 heterocycles. The largest absolute Gasteiger partial charge is 0.416 e. The fourth-order valence-corrected chi connectivity index (χ4v) is 7.07. The SMILES string of the molecule is NCCCNc1ccc(-c2nc3ccc(CC(=O)Cc4cc(C(F)(F)F)cc(CC(=O)CCCN=C(N)N)c4SCCN)cc3s2)cc1. The van der Waals surface area contributed by atoms with Crippen molar-refractivity contribution in [2.75, 3.05) is 37.2 Å². The molecular weight excluding hydrogens is 660 g/mol. The number of nitrogens with two attached hydrogens (primary N) is 4. The fourth-order valence-electron chi connectivity index (χ4n) is 5.08. The van der Waals surface area contributed by atoms with Crippen molar-refractivity contribution < 1.29 is 22.8 Å². The summed E-state index contributed by atoms with van der Waals surface area (Å²) in [7, 11) is 0. The van der Waals surface area contributed by atoms with Crippen molar-refractivity contribution in [3.05, 3.63) is 76.9 Å². The number of alkyl halides is 3. The number of ketones is 2. The molecule has 0 saturated carbocycles. The van der Waals surface area contributed by atoms with Crippen LogP contribution in [0.2, 0.25) is 0 Å². The molecule has 0 aliphatic heterocycles. The number of hydrogen-bond acceptors (Lipinski definition) is 9. The van der Waals surface area contributed by atoms with Gasteiger partial charge in [-0.05, 0) is 84.6 Å². The molecule has 0 atom stereocenters. The summed E-state index contributed by atoms with van der Waals surface area (Å²) in [5.74, 6) is -0.184. The Kier molecular flexibility index (Phi) is 13.4. The van der Waals surface area contributed by atoms with Crippen LogP contribution in [0.1, 0.15) is 41.5 Å². The lowest BCUT2D eigenvalue weighted by Gasteiger charge is -2.18. The Morgan fingerprint density at radius 2 is 1.60 bits per heavy atom. The smallest absolute Gasteiger partial charge is 0.385 e. The zero-order chi connectivity index (χ0) is 34.7. The van der Waals surface area contributed by atoms with Gasteiger partial charge in [0.15, 0.2) is 5.96 Å². The van der Waals surface area contributed by atoms with E-state index in [4.69, 9.17) is 27.9 Å². The number of hydrogen-bond donors (Lipinski definition) is 5. The van der Waals surface area contributed by atoms with E-state index >= 15 is 0 Å². The quantitative estimate of drug-likeness (QED) is 0.0399. The molecule has 9 nitrogen and oxygen atoms in total. The van der Waals surface area contributed by atoms with Gasteiger partial charge in [-0.2, -0.15) is 13.2 Å². The highest BCUT2D eigenvalue weighted by molar-refractivity contribution is 7.99. The normalized spacial score (nSPS) is 11.5. The van der Waals surface area contributed by atoms with Crippen molar-refractivity contribution in [1.82, 2.24) is 4.98 Å². The molecule has 0 amide bonds. The van der Waals surface area contributed by atoms with E-state index in [0.29, 0.717) is 23.6 Å². The van der Waals surface area contributed by atoms with Crippen LogP contribution in [0.25, 0.3) is 20.8 Å². The van der Waals surface area contributed by atoms with Crippen molar-refractivity contribution in [3.8, 4) is 10.6 Å². The van der Waals surface area contributed by atoms with Gasteiger partial charge in [-0.3, -0.25) is 14.6 Å². The summed E-state index contributed by atoms with van der Waals surface area (Å²) in [6.07, 6.45) is -3.72. The number of Topliss-reactive ketones (excluding diaryl/α,β-unsaturated/α-hetero) is 2. The van der Waals surface area contributed by atoms with Crippen molar-refractivity contribution in [3.63, 3.8) is 0 Å². The van der Waals surface area contributed by atoms with Gasteiger partial charge in [0, 0.05) is 67.2 Å². The Balaban J connectivity index is 1.52. The summed E-state index contributed by atoms with van der Waals surface area (Å²) in [4.78, 5) is 35.2. The Hall–Kier alpha value is -3.98. The highest BCUT2D eigenvalue weighted by atomic mass is 32.2. The highest BCUT2D eigenvalue weighted by Gasteiger charge is 2.33. The van der Waals surface area contributed by atoms with E-state index in [2.05, 4.69) is 10.3 Å². The third-order valence-electron chi connectivity index (χ3n) is 7.31. The summed E-state index contributed by atoms with van der Waals surface area (Å²) in [5, 5.41) is 4.16. The van der Waals surface area contributed by atoms with Crippen LogP contribution in [-0.4, -0.2) is 54.4 Å². The number of carbonyl (C=O) groups is 2. The molecule has 1 aromatic heterocycles. The van der Waals surface area contributed by atoms with Crippen LogP contribution in [0.4, 0.5) is 18.9 Å². The molecule has 0 radical (unpaired) electrons. The molecule has 256 valence electrons. The van der Waals surface area contributed by atoms with Gasteiger partial charge >= 0.3 is 6.18 Å². The average molecular weight is 700 g/mol. The van der Waals surface area contributed by atoms with Crippen LogP contribution < -0.4 is 28.3 Å². The molecule has 48 heavy (non-hydrogen) atoms. The number of nitrogens with one attached hydrogen (secondary N) is 1. The third kappa shape index (κ3) is 10.8. The Labute approximate surface area is 285 Å². The molecule has 14 heteroatoms. The maximum Gasteiger partial charge on any atom is 0.416 e. The van der Waals surface area contributed by atoms with Gasteiger partial charge in [-0.25, -0.2) is 4.98 Å². The maximum atomic E-state index is 14.0. The fraction of sp³-hybridized carbons (Fsp3) is 0.353. The second kappa shape index (κ2) is 17.4. The lowest BCUT2D eigenvalue weighted by molar-refractivity contribution is -0.138. The zero-order valence-electron chi connectivity index (χ0n) is 26.4. The first-order chi connectivity index (χ1) is 23.0. The minimum Gasteiger partial charge on any atom is -0.385 e. The first-order valence-electron chi connectivity index (χ1n) is 15.5. The topological polar surface area (TPSA) is 176 Å². The predicted molar refractivity (Wildman–Crippen MR) is 189 cm³/mol. The molecule has 0 bridgehead atoms. The van der Waals surface area contributed by atoms with E-state index in [1.54, 1.807) is 0 Å². The predicted octanol–water partition coefficient (Wildman–Crippen LogP) is 5.31. The number of nitrogens with zero attached hydrogens (tertiary/aromatic N) is 2. The van der Waals surface area contributed by atoms with Crippen molar-refractivity contribution in [2.24, 2.45) is 27.9 Å². The molecule has 0 unspecified atom stereocenters. The van der Waals surface area contributed by atoms with E-state index in [9.17, 15) is 22.8 Å². The number of aliphatic imine (C=N–C) groups is 1. The monoisotopic (exact) mass is 699 g/mol. The van der Waals surface area contributed by atoms with Crippen molar-refractivity contribution >= 4 is 56.5 Å². The summed E-state index contributed by atoms with van der Waals surface area (Å²) >= 11 is 2.76. The lowest BCUT2D eigenvalue weighted by atomic mass is 9.96. The number of aromatic nitrogens is 1. The van der Waals surface area contributed by atoms with Gasteiger partial charge in [-0.15, -0.1) is 23.1 Å². The molecule has 4 rings (SSSR count). The molecule has 0 saturated heterocycles. The second-order valence-electron chi connectivity index (χ2n) is 11.2. The third-order valence-corrected chi connectivity index (χ3v) is 9.63. The second-order valence-corrected chi connectivity index (χ2v) is 13.4. The van der Waals surface area contributed by atoms with E-state index in [0.717, 1.165) is 57.1 Å². The molecule has 0 fully saturated rings. The van der Waals surface area contributed by atoms with Crippen LogP contribution in [-0.2, 0) is 35.0 Å². The van der Waals surface area contributed by atoms with Crippen molar-refractivity contribution in [2.45, 2.75) is 49.6 Å². The molecule has 0 aliphatic rings.